The third-order valence-corrected chi connectivity index (χ3v) is 3.22. The molecule has 0 heterocycles. The van der Waals surface area contributed by atoms with Crippen LogP contribution in [0.3, 0.4) is 0 Å². The molecule has 7 heteroatoms. The SMILES string of the molecule is CCOc1cc(C=NNC(N)=O)ccc1OCc1ccc(Cl)cc1. The Morgan fingerprint density at radius 1 is 1.21 bits per heavy atom. The number of rotatable bonds is 7. The summed E-state index contributed by atoms with van der Waals surface area (Å²) in [5.41, 5.74) is 8.82. The van der Waals surface area contributed by atoms with E-state index in [2.05, 4.69) is 10.5 Å². The number of nitrogens with one attached hydrogen (secondary N) is 1. The molecule has 2 aromatic carbocycles. The molecule has 0 aliphatic rings. The van der Waals surface area contributed by atoms with Crippen molar-refractivity contribution in [3.8, 4) is 11.5 Å². The molecule has 2 rings (SSSR count). The molecule has 24 heavy (non-hydrogen) atoms. The van der Waals surface area contributed by atoms with Crippen LogP contribution in [0, 0.1) is 0 Å². The van der Waals surface area contributed by atoms with E-state index in [9.17, 15) is 4.79 Å². The van der Waals surface area contributed by atoms with Crippen molar-refractivity contribution in [2.75, 3.05) is 6.61 Å². The van der Waals surface area contributed by atoms with Gasteiger partial charge in [-0.25, -0.2) is 10.2 Å². The minimum Gasteiger partial charge on any atom is -0.490 e. The number of halogens is 1. The Morgan fingerprint density at radius 2 is 1.96 bits per heavy atom. The van der Waals surface area contributed by atoms with Gasteiger partial charge in [-0.3, -0.25) is 0 Å². The summed E-state index contributed by atoms with van der Waals surface area (Å²) in [7, 11) is 0. The van der Waals surface area contributed by atoms with Gasteiger partial charge in [-0.2, -0.15) is 5.10 Å². The van der Waals surface area contributed by atoms with Crippen LogP contribution in [-0.2, 0) is 6.61 Å². The Labute approximate surface area is 145 Å². The fraction of sp³-hybridized carbons (Fsp3) is 0.176. The van der Waals surface area contributed by atoms with E-state index in [0.29, 0.717) is 29.7 Å². The first-order valence-corrected chi connectivity index (χ1v) is 7.69. The molecule has 0 atom stereocenters. The summed E-state index contributed by atoms with van der Waals surface area (Å²) < 4.78 is 11.4. The Kier molecular flexibility index (Phi) is 6.45. The molecule has 3 N–H and O–H groups in total. The molecule has 0 aliphatic heterocycles. The lowest BCUT2D eigenvalue weighted by atomic mass is 10.2. The molecule has 0 aromatic heterocycles. The smallest absolute Gasteiger partial charge is 0.332 e. The molecule has 0 bridgehead atoms. The van der Waals surface area contributed by atoms with Crippen molar-refractivity contribution >= 4 is 23.8 Å². The van der Waals surface area contributed by atoms with Crippen LogP contribution in [0.1, 0.15) is 18.1 Å². The first-order valence-electron chi connectivity index (χ1n) is 7.31. The molecule has 6 nitrogen and oxygen atoms in total. The van der Waals surface area contributed by atoms with E-state index in [0.717, 1.165) is 11.1 Å². The van der Waals surface area contributed by atoms with E-state index in [4.69, 9.17) is 26.8 Å². The number of carbonyl (C=O) groups is 1. The summed E-state index contributed by atoms with van der Waals surface area (Å²) in [6.07, 6.45) is 1.47. The molecule has 0 fully saturated rings. The second-order valence-electron chi connectivity index (χ2n) is 4.79. The van der Waals surface area contributed by atoms with E-state index in [-0.39, 0.29) is 0 Å². The summed E-state index contributed by atoms with van der Waals surface area (Å²) in [5, 5.41) is 4.40. The fourth-order valence-electron chi connectivity index (χ4n) is 1.90. The number of nitrogens with two attached hydrogens (primary N) is 1. The van der Waals surface area contributed by atoms with Gasteiger partial charge in [-0.1, -0.05) is 23.7 Å². The lowest BCUT2D eigenvalue weighted by molar-refractivity contribution is 0.249. The Morgan fingerprint density at radius 3 is 2.62 bits per heavy atom. The summed E-state index contributed by atoms with van der Waals surface area (Å²) in [6, 6.07) is 12.1. The van der Waals surface area contributed by atoms with E-state index in [1.807, 2.05) is 31.2 Å². The van der Waals surface area contributed by atoms with Crippen molar-refractivity contribution < 1.29 is 14.3 Å². The number of hydrogen-bond acceptors (Lipinski definition) is 4. The maximum absolute atomic E-state index is 10.6. The molecule has 2 aromatic rings. The maximum Gasteiger partial charge on any atom is 0.332 e. The number of amides is 2. The van der Waals surface area contributed by atoms with E-state index in [1.54, 1.807) is 18.2 Å². The number of nitrogens with zero attached hydrogens (tertiary/aromatic N) is 1. The van der Waals surface area contributed by atoms with Gasteiger partial charge in [0, 0.05) is 5.02 Å². The molecule has 0 saturated heterocycles. The predicted molar refractivity (Wildman–Crippen MR) is 93.7 cm³/mol. The van der Waals surface area contributed by atoms with E-state index in [1.165, 1.54) is 6.21 Å². The average molecular weight is 348 g/mol. The molecule has 0 saturated carbocycles. The molecule has 0 unspecified atom stereocenters. The standard InChI is InChI=1S/C17H18ClN3O3/c1-2-23-16-9-13(10-20-21-17(19)22)5-8-15(16)24-11-12-3-6-14(18)7-4-12/h3-10H,2,11H2,1H3,(H3,19,21,22). The normalized spacial score (nSPS) is 10.6. The first kappa shape index (κ1) is 17.6. The van der Waals surface area contributed by atoms with Crippen molar-refractivity contribution in [1.29, 1.82) is 0 Å². The van der Waals surface area contributed by atoms with Crippen LogP contribution >= 0.6 is 11.6 Å². The highest BCUT2D eigenvalue weighted by Gasteiger charge is 2.06. The second-order valence-corrected chi connectivity index (χ2v) is 5.23. The minimum absolute atomic E-state index is 0.397. The number of urea groups is 1. The van der Waals surface area contributed by atoms with Crippen molar-refractivity contribution in [3.63, 3.8) is 0 Å². The highest BCUT2D eigenvalue weighted by molar-refractivity contribution is 6.30. The zero-order valence-electron chi connectivity index (χ0n) is 13.2. The highest BCUT2D eigenvalue weighted by atomic mass is 35.5. The van der Waals surface area contributed by atoms with Gasteiger partial charge in [-0.05, 0) is 48.4 Å². The number of primary amides is 1. The van der Waals surface area contributed by atoms with Crippen molar-refractivity contribution in [2.24, 2.45) is 10.8 Å². The van der Waals surface area contributed by atoms with Gasteiger partial charge in [0.1, 0.15) is 6.61 Å². The average Bonchev–Trinajstić information content (AvgIpc) is 2.55. The largest absolute Gasteiger partial charge is 0.490 e. The molecule has 0 radical (unpaired) electrons. The lowest BCUT2D eigenvalue weighted by Crippen LogP contribution is -2.24. The van der Waals surface area contributed by atoms with Gasteiger partial charge in [-0.15, -0.1) is 0 Å². The van der Waals surface area contributed by atoms with Crippen LogP contribution in [0.4, 0.5) is 4.79 Å². The zero-order valence-corrected chi connectivity index (χ0v) is 13.9. The molecular formula is C17H18ClN3O3. The van der Waals surface area contributed by atoms with E-state index < -0.39 is 6.03 Å². The third kappa shape index (κ3) is 5.48. The Balaban J connectivity index is 2.09. The third-order valence-electron chi connectivity index (χ3n) is 2.96. The summed E-state index contributed by atoms with van der Waals surface area (Å²) >= 11 is 5.87. The van der Waals surface area contributed by atoms with E-state index >= 15 is 0 Å². The summed E-state index contributed by atoms with van der Waals surface area (Å²) in [5.74, 6) is 1.21. The van der Waals surface area contributed by atoms with Crippen LogP contribution in [0.2, 0.25) is 5.02 Å². The quantitative estimate of drug-likeness (QED) is 0.595. The van der Waals surface area contributed by atoms with Crippen LogP contribution in [0.5, 0.6) is 11.5 Å². The number of carbonyl (C=O) groups excluding carboxylic acids is 1. The van der Waals surface area contributed by atoms with Gasteiger partial charge in [0.05, 0.1) is 12.8 Å². The number of benzene rings is 2. The topological polar surface area (TPSA) is 85.9 Å². The fourth-order valence-corrected chi connectivity index (χ4v) is 2.03. The number of ether oxygens (including phenoxy) is 2. The first-order chi connectivity index (χ1) is 11.6. The van der Waals surface area contributed by atoms with Crippen LogP contribution in [-0.4, -0.2) is 18.9 Å². The predicted octanol–water partition coefficient (Wildman–Crippen LogP) is 3.32. The van der Waals surface area contributed by atoms with Gasteiger partial charge < -0.3 is 15.2 Å². The van der Waals surface area contributed by atoms with Crippen LogP contribution in [0.25, 0.3) is 0 Å². The van der Waals surface area contributed by atoms with Gasteiger partial charge in [0.15, 0.2) is 11.5 Å². The number of hydrazone groups is 1. The van der Waals surface area contributed by atoms with Crippen molar-refractivity contribution in [1.82, 2.24) is 5.43 Å². The zero-order chi connectivity index (χ0) is 17.4. The van der Waals surface area contributed by atoms with Gasteiger partial charge in [0.25, 0.3) is 0 Å². The molecule has 2 amide bonds. The van der Waals surface area contributed by atoms with Gasteiger partial charge in [0.2, 0.25) is 0 Å². The van der Waals surface area contributed by atoms with Crippen LogP contribution in [0.15, 0.2) is 47.6 Å². The Bertz CT molecular complexity index is 718. The minimum atomic E-state index is -0.723. The molecule has 0 aliphatic carbocycles. The molecule has 0 spiro atoms. The lowest BCUT2D eigenvalue weighted by Gasteiger charge is -2.12. The van der Waals surface area contributed by atoms with Crippen molar-refractivity contribution in [2.45, 2.75) is 13.5 Å². The van der Waals surface area contributed by atoms with Crippen molar-refractivity contribution in [3.05, 3.63) is 58.6 Å². The molecule has 126 valence electrons. The second kappa shape index (κ2) is 8.79. The van der Waals surface area contributed by atoms with Gasteiger partial charge >= 0.3 is 6.03 Å². The maximum atomic E-state index is 10.6. The number of hydrogen-bond donors (Lipinski definition) is 2. The Hall–Kier alpha value is -2.73. The molecular weight excluding hydrogens is 330 g/mol. The highest BCUT2D eigenvalue weighted by Crippen LogP contribution is 2.29. The summed E-state index contributed by atoms with van der Waals surface area (Å²) in [6.45, 7) is 2.78. The van der Waals surface area contributed by atoms with Crippen LogP contribution < -0.4 is 20.6 Å². The summed E-state index contributed by atoms with van der Waals surface area (Å²) in [4.78, 5) is 10.6. The monoisotopic (exact) mass is 347 g/mol.